The predicted molar refractivity (Wildman–Crippen MR) is 83.1 cm³/mol. The van der Waals surface area contributed by atoms with Crippen LogP contribution in [0.5, 0.6) is 5.75 Å². The SMILES string of the molecule is COc1ccccc1C(C)NC(=O)CC1CC2CCC1C2. The average Bonchev–Trinajstić information content (AvgIpc) is 3.09. The average molecular weight is 287 g/mol. The number of carbonyl (C=O) groups is 1. The maximum absolute atomic E-state index is 12.3. The molecule has 3 nitrogen and oxygen atoms in total. The molecule has 21 heavy (non-hydrogen) atoms. The number of ether oxygens (including phenoxy) is 1. The molecule has 4 atom stereocenters. The van der Waals surface area contributed by atoms with E-state index in [1.807, 2.05) is 31.2 Å². The van der Waals surface area contributed by atoms with E-state index in [1.54, 1.807) is 7.11 Å². The maximum Gasteiger partial charge on any atom is 0.220 e. The lowest BCUT2D eigenvalue weighted by molar-refractivity contribution is -0.123. The number of methoxy groups -OCH3 is 1. The van der Waals surface area contributed by atoms with Crippen LogP contribution in [0.1, 0.15) is 50.6 Å². The summed E-state index contributed by atoms with van der Waals surface area (Å²) in [6.45, 7) is 2.02. The highest BCUT2D eigenvalue weighted by Crippen LogP contribution is 2.49. The Balaban J connectivity index is 1.57. The summed E-state index contributed by atoms with van der Waals surface area (Å²) < 4.78 is 5.37. The van der Waals surface area contributed by atoms with Crippen LogP contribution in [0.4, 0.5) is 0 Å². The van der Waals surface area contributed by atoms with Gasteiger partial charge in [0.05, 0.1) is 13.2 Å². The van der Waals surface area contributed by atoms with Crippen molar-refractivity contribution in [2.45, 2.75) is 45.1 Å². The second-order valence-corrected chi connectivity index (χ2v) is 6.67. The fourth-order valence-electron chi connectivity index (χ4n) is 4.27. The van der Waals surface area contributed by atoms with Crippen molar-refractivity contribution in [2.24, 2.45) is 17.8 Å². The lowest BCUT2D eigenvalue weighted by Gasteiger charge is -2.23. The zero-order valence-corrected chi connectivity index (χ0v) is 13.0. The van der Waals surface area contributed by atoms with Crippen LogP contribution in [0, 0.1) is 17.8 Å². The summed E-state index contributed by atoms with van der Waals surface area (Å²) in [6.07, 6.45) is 6.05. The van der Waals surface area contributed by atoms with Crippen LogP contribution in [0.25, 0.3) is 0 Å². The van der Waals surface area contributed by atoms with Gasteiger partial charge in [0, 0.05) is 12.0 Å². The Kier molecular flexibility index (Phi) is 4.18. The van der Waals surface area contributed by atoms with Crippen LogP contribution in [-0.2, 0) is 4.79 Å². The number of rotatable bonds is 5. The minimum absolute atomic E-state index is 0.00718. The summed E-state index contributed by atoms with van der Waals surface area (Å²) in [7, 11) is 1.67. The summed E-state index contributed by atoms with van der Waals surface area (Å²) in [6, 6.07) is 7.88. The molecular formula is C18H25NO2. The van der Waals surface area contributed by atoms with Gasteiger partial charge in [-0.15, -0.1) is 0 Å². The molecule has 2 saturated carbocycles. The van der Waals surface area contributed by atoms with Gasteiger partial charge in [0.2, 0.25) is 5.91 Å². The summed E-state index contributed by atoms with van der Waals surface area (Å²) in [5.74, 6) is 3.35. The molecule has 2 bridgehead atoms. The standard InChI is InChI=1S/C18H25NO2/c1-12(16-5-3-4-6-17(16)21-2)19-18(20)11-15-10-13-7-8-14(15)9-13/h3-6,12-15H,7-11H2,1-2H3,(H,19,20). The molecule has 1 aromatic rings. The van der Waals surface area contributed by atoms with Crippen molar-refractivity contribution in [3.05, 3.63) is 29.8 Å². The lowest BCUT2D eigenvalue weighted by atomic mass is 9.86. The molecule has 0 aromatic heterocycles. The van der Waals surface area contributed by atoms with Crippen molar-refractivity contribution in [2.75, 3.05) is 7.11 Å². The Hall–Kier alpha value is -1.51. The van der Waals surface area contributed by atoms with Crippen molar-refractivity contribution in [3.8, 4) is 5.75 Å². The van der Waals surface area contributed by atoms with Crippen molar-refractivity contribution in [1.29, 1.82) is 0 Å². The van der Waals surface area contributed by atoms with Crippen molar-refractivity contribution in [3.63, 3.8) is 0 Å². The third-order valence-electron chi connectivity index (χ3n) is 5.32. The Bertz CT molecular complexity index is 514. The zero-order chi connectivity index (χ0) is 14.8. The second kappa shape index (κ2) is 6.08. The van der Waals surface area contributed by atoms with Gasteiger partial charge < -0.3 is 10.1 Å². The van der Waals surface area contributed by atoms with Gasteiger partial charge in [0.25, 0.3) is 0 Å². The van der Waals surface area contributed by atoms with E-state index in [0.29, 0.717) is 12.3 Å². The molecule has 1 aromatic carbocycles. The van der Waals surface area contributed by atoms with Gasteiger partial charge in [-0.05, 0) is 50.0 Å². The monoisotopic (exact) mass is 287 g/mol. The summed E-state index contributed by atoms with van der Waals surface area (Å²) in [5.41, 5.74) is 1.04. The molecule has 2 fully saturated rings. The normalized spacial score (nSPS) is 28.4. The summed E-state index contributed by atoms with van der Waals surface area (Å²) in [5, 5.41) is 3.14. The van der Waals surface area contributed by atoms with E-state index < -0.39 is 0 Å². The minimum atomic E-state index is -0.00718. The Morgan fingerprint density at radius 3 is 2.81 bits per heavy atom. The number of hydrogen-bond donors (Lipinski definition) is 1. The number of amides is 1. The first-order valence-corrected chi connectivity index (χ1v) is 8.09. The van der Waals surface area contributed by atoms with E-state index >= 15 is 0 Å². The molecule has 2 aliphatic rings. The van der Waals surface area contributed by atoms with E-state index in [0.717, 1.165) is 23.1 Å². The first-order valence-electron chi connectivity index (χ1n) is 8.09. The van der Waals surface area contributed by atoms with Crippen LogP contribution >= 0.6 is 0 Å². The van der Waals surface area contributed by atoms with Crippen molar-refractivity contribution < 1.29 is 9.53 Å². The van der Waals surface area contributed by atoms with Crippen LogP contribution < -0.4 is 10.1 Å². The molecule has 3 heteroatoms. The van der Waals surface area contributed by atoms with Gasteiger partial charge in [0.1, 0.15) is 5.75 Å². The van der Waals surface area contributed by atoms with Crippen molar-refractivity contribution >= 4 is 5.91 Å². The number of para-hydroxylation sites is 1. The van der Waals surface area contributed by atoms with Gasteiger partial charge in [-0.25, -0.2) is 0 Å². The van der Waals surface area contributed by atoms with Gasteiger partial charge in [-0.2, -0.15) is 0 Å². The maximum atomic E-state index is 12.3. The van der Waals surface area contributed by atoms with E-state index in [-0.39, 0.29) is 11.9 Å². The fourth-order valence-corrected chi connectivity index (χ4v) is 4.27. The lowest BCUT2D eigenvalue weighted by Crippen LogP contribution is -2.29. The molecule has 1 amide bonds. The first kappa shape index (κ1) is 14.4. The first-order chi connectivity index (χ1) is 10.2. The third-order valence-corrected chi connectivity index (χ3v) is 5.32. The molecule has 2 aliphatic carbocycles. The number of carbonyl (C=O) groups excluding carboxylic acids is 1. The Labute approximate surface area is 127 Å². The highest BCUT2D eigenvalue weighted by Gasteiger charge is 2.40. The minimum Gasteiger partial charge on any atom is -0.496 e. The van der Waals surface area contributed by atoms with Crippen LogP contribution in [0.2, 0.25) is 0 Å². The van der Waals surface area contributed by atoms with Gasteiger partial charge in [0.15, 0.2) is 0 Å². The summed E-state index contributed by atoms with van der Waals surface area (Å²) in [4.78, 5) is 12.3. The number of fused-ring (bicyclic) bond motifs is 2. The van der Waals surface area contributed by atoms with E-state index in [1.165, 1.54) is 25.7 Å². The van der Waals surface area contributed by atoms with Crippen molar-refractivity contribution in [1.82, 2.24) is 5.32 Å². The Morgan fingerprint density at radius 1 is 1.33 bits per heavy atom. The zero-order valence-electron chi connectivity index (χ0n) is 13.0. The fraction of sp³-hybridized carbons (Fsp3) is 0.611. The third kappa shape index (κ3) is 3.07. The van der Waals surface area contributed by atoms with Crippen LogP contribution in [0.15, 0.2) is 24.3 Å². The second-order valence-electron chi connectivity index (χ2n) is 6.67. The predicted octanol–water partition coefficient (Wildman–Crippen LogP) is 3.70. The van der Waals surface area contributed by atoms with E-state index in [4.69, 9.17) is 4.74 Å². The molecule has 0 radical (unpaired) electrons. The molecule has 0 spiro atoms. The number of hydrogen-bond acceptors (Lipinski definition) is 2. The number of benzene rings is 1. The van der Waals surface area contributed by atoms with Gasteiger partial charge in [-0.1, -0.05) is 24.6 Å². The highest BCUT2D eigenvalue weighted by atomic mass is 16.5. The van der Waals surface area contributed by atoms with Crippen LogP contribution in [-0.4, -0.2) is 13.0 Å². The quantitative estimate of drug-likeness (QED) is 0.896. The van der Waals surface area contributed by atoms with Gasteiger partial charge >= 0.3 is 0 Å². The topological polar surface area (TPSA) is 38.3 Å². The largest absolute Gasteiger partial charge is 0.496 e. The molecule has 3 rings (SSSR count). The van der Waals surface area contributed by atoms with Crippen LogP contribution in [0.3, 0.4) is 0 Å². The molecule has 0 aliphatic heterocycles. The highest BCUT2D eigenvalue weighted by molar-refractivity contribution is 5.76. The molecule has 1 N–H and O–H groups in total. The molecule has 0 saturated heterocycles. The molecule has 4 unspecified atom stereocenters. The molecular weight excluding hydrogens is 262 g/mol. The summed E-state index contributed by atoms with van der Waals surface area (Å²) >= 11 is 0. The van der Waals surface area contributed by atoms with E-state index in [9.17, 15) is 4.79 Å². The molecule has 0 heterocycles. The van der Waals surface area contributed by atoms with E-state index in [2.05, 4.69) is 5.32 Å². The Morgan fingerprint density at radius 2 is 2.14 bits per heavy atom. The number of nitrogens with one attached hydrogen (secondary N) is 1. The molecule has 114 valence electrons. The van der Waals surface area contributed by atoms with Gasteiger partial charge in [-0.3, -0.25) is 4.79 Å². The smallest absolute Gasteiger partial charge is 0.220 e.